The molecule has 0 heterocycles. The Morgan fingerprint density at radius 3 is 2.43 bits per heavy atom. The van der Waals surface area contributed by atoms with Crippen molar-refractivity contribution in [3.8, 4) is 0 Å². The van der Waals surface area contributed by atoms with Crippen molar-refractivity contribution in [3.05, 3.63) is 35.4 Å². The van der Waals surface area contributed by atoms with Gasteiger partial charge in [-0.05, 0) is 12.5 Å². The molecule has 0 aromatic heterocycles. The standard InChI is InChI=1S/C11H12O3/c1-8-2-4-9(5-3-8)10(6-7-12)11(13)14/h2-5,7,10H,6H2,1H3,(H,13,14). The fourth-order valence-electron chi connectivity index (χ4n) is 1.27. The van der Waals surface area contributed by atoms with Gasteiger partial charge < -0.3 is 9.90 Å². The topological polar surface area (TPSA) is 54.4 Å². The zero-order valence-corrected chi connectivity index (χ0v) is 7.93. The Labute approximate surface area is 82.4 Å². The van der Waals surface area contributed by atoms with Crippen LogP contribution in [0.15, 0.2) is 24.3 Å². The number of aryl methyl sites for hydroxylation is 1. The van der Waals surface area contributed by atoms with Gasteiger partial charge in [-0.2, -0.15) is 0 Å². The van der Waals surface area contributed by atoms with Crippen molar-refractivity contribution in [2.45, 2.75) is 19.3 Å². The van der Waals surface area contributed by atoms with Crippen LogP contribution in [0.5, 0.6) is 0 Å². The fourth-order valence-corrected chi connectivity index (χ4v) is 1.27. The molecule has 3 heteroatoms. The molecular formula is C11H12O3. The summed E-state index contributed by atoms with van der Waals surface area (Å²) in [6.45, 7) is 1.93. The summed E-state index contributed by atoms with van der Waals surface area (Å²) < 4.78 is 0. The molecule has 14 heavy (non-hydrogen) atoms. The summed E-state index contributed by atoms with van der Waals surface area (Å²) in [6.07, 6.45) is 0.664. The lowest BCUT2D eigenvalue weighted by Gasteiger charge is -2.09. The number of carboxylic acids is 1. The highest BCUT2D eigenvalue weighted by Gasteiger charge is 2.18. The first-order valence-corrected chi connectivity index (χ1v) is 4.38. The van der Waals surface area contributed by atoms with Gasteiger partial charge in [0.1, 0.15) is 6.29 Å². The first kappa shape index (κ1) is 10.4. The number of aldehydes is 1. The highest BCUT2D eigenvalue weighted by Crippen LogP contribution is 2.19. The van der Waals surface area contributed by atoms with Gasteiger partial charge in [-0.15, -0.1) is 0 Å². The van der Waals surface area contributed by atoms with E-state index in [1.165, 1.54) is 0 Å². The third kappa shape index (κ3) is 2.42. The average Bonchev–Trinajstić information content (AvgIpc) is 2.15. The Morgan fingerprint density at radius 2 is 2.00 bits per heavy atom. The van der Waals surface area contributed by atoms with Crippen LogP contribution in [-0.2, 0) is 9.59 Å². The molecule has 0 spiro atoms. The summed E-state index contributed by atoms with van der Waals surface area (Å²) in [5.41, 5.74) is 1.75. The molecule has 0 saturated carbocycles. The summed E-state index contributed by atoms with van der Waals surface area (Å²) in [5, 5.41) is 8.87. The van der Waals surface area contributed by atoms with Gasteiger partial charge >= 0.3 is 5.97 Å². The maximum Gasteiger partial charge on any atom is 0.311 e. The number of hydrogen-bond acceptors (Lipinski definition) is 2. The second kappa shape index (κ2) is 4.56. The third-order valence-corrected chi connectivity index (χ3v) is 2.11. The first-order chi connectivity index (χ1) is 6.65. The van der Waals surface area contributed by atoms with Crippen molar-refractivity contribution in [1.29, 1.82) is 0 Å². The van der Waals surface area contributed by atoms with Crippen molar-refractivity contribution in [3.63, 3.8) is 0 Å². The number of carbonyl (C=O) groups excluding carboxylic acids is 1. The minimum atomic E-state index is -0.957. The van der Waals surface area contributed by atoms with Gasteiger partial charge in [-0.25, -0.2) is 0 Å². The van der Waals surface area contributed by atoms with E-state index in [-0.39, 0.29) is 6.42 Å². The molecule has 1 aromatic carbocycles. The van der Waals surface area contributed by atoms with Crippen molar-refractivity contribution >= 4 is 12.3 Å². The minimum Gasteiger partial charge on any atom is -0.481 e. The zero-order chi connectivity index (χ0) is 10.6. The van der Waals surface area contributed by atoms with Gasteiger partial charge in [-0.1, -0.05) is 29.8 Å². The van der Waals surface area contributed by atoms with Crippen molar-refractivity contribution in [2.75, 3.05) is 0 Å². The monoisotopic (exact) mass is 192 g/mol. The molecule has 0 aliphatic heterocycles. The van der Waals surface area contributed by atoms with Crippen LogP contribution in [0.25, 0.3) is 0 Å². The number of carbonyl (C=O) groups is 2. The Balaban J connectivity index is 2.93. The van der Waals surface area contributed by atoms with Gasteiger partial charge in [-0.3, -0.25) is 4.79 Å². The molecule has 0 fully saturated rings. The van der Waals surface area contributed by atoms with Crippen LogP contribution >= 0.6 is 0 Å². The SMILES string of the molecule is Cc1ccc(C(CC=O)C(=O)O)cc1. The number of aliphatic carboxylic acids is 1. The fraction of sp³-hybridized carbons (Fsp3) is 0.273. The lowest BCUT2D eigenvalue weighted by molar-refractivity contribution is -0.139. The van der Waals surface area contributed by atoms with E-state index in [1.54, 1.807) is 12.1 Å². The van der Waals surface area contributed by atoms with E-state index in [9.17, 15) is 9.59 Å². The number of carboxylic acid groups (broad SMARTS) is 1. The molecule has 0 aliphatic rings. The maximum atomic E-state index is 10.8. The second-order valence-electron chi connectivity index (χ2n) is 3.20. The van der Waals surface area contributed by atoms with Crippen molar-refractivity contribution < 1.29 is 14.7 Å². The summed E-state index contributed by atoms with van der Waals surface area (Å²) in [6, 6.07) is 7.18. The minimum absolute atomic E-state index is 0.0262. The first-order valence-electron chi connectivity index (χ1n) is 4.38. The highest BCUT2D eigenvalue weighted by molar-refractivity contribution is 5.79. The smallest absolute Gasteiger partial charge is 0.311 e. The quantitative estimate of drug-likeness (QED) is 0.739. The Morgan fingerprint density at radius 1 is 1.43 bits per heavy atom. The van der Waals surface area contributed by atoms with Gasteiger partial charge in [0.2, 0.25) is 0 Å². The zero-order valence-electron chi connectivity index (χ0n) is 7.93. The molecule has 1 atom stereocenters. The van der Waals surface area contributed by atoms with E-state index in [4.69, 9.17) is 5.11 Å². The maximum absolute atomic E-state index is 10.8. The summed E-state index contributed by atoms with van der Waals surface area (Å²) >= 11 is 0. The molecule has 0 aliphatic carbocycles. The van der Waals surface area contributed by atoms with E-state index >= 15 is 0 Å². The third-order valence-electron chi connectivity index (χ3n) is 2.11. The van der Waals surface area contributed by atoms with Crippen LogP contribution < -0.4 is 0 Å². The summed E-state index contributed by atoms with van der Waals surface area (Å²) in [5.74, 6) is -1.67. The summed E-state index contributed by atoms with van der Waals surface area (Å²) in [4.78, 5) is 21.1. The molecule has 0 bridgehead atoms. The molecule has 74 valence electrons. The molecule has 0 amide bonds. The van der Waals surface area contributed by atoms with Crippen LogP contribution in [-0.4, -0.2) is 17.4 Å². The number of hydrogen-bond donors (Lipinski definition) is 1. The van der Waals surface area contributed by atoms with E-state index in [1.807, 2.05) is 19.1 Å². The van der Waals surface area contributed by atoms with Crippen molar-refractivity contribution in [1.82, 2.24) is 0 Å². The number of rotatable bonds is 4. The molecule has 0 radical (unpaired) electrons. The second-order valence-corrected chi connectivity index (χ2v) is 3.20. The van der Waals surface area contributed by atoms with E-state index in [0.717, 1.165) is 5.56 Å². The predicted octanol–water partition coefficient (Wildman–Crippen LogP) is 1.75. The molecule has 1 rings (SSSR count). The Bertz CT molecular complexity index is 327. The predicted molar refractivity (Wildman–Crippen MR) is 52.2 cm³/mol. The van der Waals surface area contributed by atoms with Crippen LogP contribution in [0.2, 0.25) is 0 Å². The van der Waals surface area contributed by atoms with Gasteiger partial charge in [0.05, 0.1) is 5.92 Å². The van der Waals surface area contributed by atoms with E-state index in [0.29, 0.717) is 11.8 Å². The molecular weight excluding hydrogens is 180 g/mol. The lowest BCUT2D eigenvalue weighted by Crippen LogP contribution is -2.11. The number of benzene rings is 1. The largest absolute Gasteiger partial charge is 0.481 e. The van der Waals surface area contributed by atoms with E-state index < -0.39 is 11.9 Å². The van der Waals surface area contributed by atoms with Crippen LogP contribution in [0, 0.1) is 6.92 Å². The lowest BCUT2D eigenvalue weighted by atomic mass is 9.96. The molecule has 3 nitrogen and oxygen atoms in total. The van der Waals surface area contributed by atoms with Crippen molar-refractivity contribution in [2.24, 2.45) is 0 Å². The van der Waals surface area contributed by atoms with Crippen LogP contribution in [0.1, 0.15) is 23.5 Å². The molecule has 0 saturated heterocycles. The van der Waals surface area contributed by atoms with Crippen LogP contribution in [0.4, 0.5) is 0 Å². The normalized spacial score (nSPS) is 12.1. The highest BCUT2D eigenvalue weighted by atomic mass is 16.4. The van der Waals surface area contributed by atoms with Crippen LogP contribution in [0.3, 0.4) is 0 Å². The molecule has 1 N–H and O–H groups in total. The average molecular weight is 192 g/mol. The molecule has 1 unspecified atom stereocenters. The Hall–Kier alpha value is -1.64. The van der Waals surface area contributed by atoms with Gasteiger partial charge in [0, 0.05) is 6.42 Å². The van der Waals surface area contributed by atoms with E-state index in [2.05, 4.69) is 0 Å². The van der Waals surface area contributed by atoms with Gasteiger partial charge in [0.15, 0.2) is 0 Å². The molecule has 1 aromatic rings. The summed E-state index contributed by atoms with van der Waals surface area (Å²) in [7, 11) is 0. The van der Waals surface area contributed by atoms with Gasteiger partial charge in [0.25, 0.3) is 0 Å². The Kier molecular flexibility index (Phi) is 3.40.